The minimum atomic E-state index is 0.0494. The maximum Gasteiger partial charge on any atom is 0.198 e. The number of rotatable bonds is 5. The second kappa shape index (κ2) is 5.74. The summed E-state index contributed by atoms with van der Waals surface area (Å²) < 4.78 is 5.57. The molecule has 0 amide bonds. The number of benzene rings is 2. The topological polar surface area (TPSA) is 30.2 Å². The molecular formula is C18H15O2. The molecule has 0 saturated carbocycles. The lowest BCUT2D eigenvalue weighted by Gasteiger charge is -1.99. The van der Waals surface area contributed by atoms with Gasteiger partial charge in [0.1, 0.15) is 5.58 Å². The minimum absolute atomic E-state index is 0.0494. The Hall–Kier alpha value is -2.35. The zero-order valence-corrected chi connectivity index (χ0v) is 11.1. The third-order valence-electron chi connectivity index (χ3n) is 3.25. The van der Waals surface area contributed by atoms with Gasteiger partial charge in [0, 0.05) is 11.8 Å². The smallest absolute Gasteiger partial charge is 0.198 e. The highest BCUT2D eigenvalue weighted by atomic mass is 16.3. The van der Waals surface area contributed by atoms with Gasteiger partial charge in [0.2, 0.25) is 0 Å². The molecule has 20 heavy (non-hydrogen) atoms. The lowest BCUT2D eigenvalue weighted by atomic mass is 10.1. The van der Waals surface area contributed by atoms with Gasteiger partial charge in [0.25, 0.3) is 0 Å². The molecule has 1 radical (unpaired) electrons. The molecule has 99 valence electrons. The quantitative estimate of drug-likeness (QED) is 0.627. The van der Waals surface area contributed by atoms with E-state index in [2.05, 4.69) is 6.42 Å². The molecule has 2 heteroatoms. The maximum atomic E-state index is 12.1. The van der Waals surface area contributed by atoms with Crippen molar-refractivity contribution in [3.05, 3.63) is 78.4 Å². The van der Waals surface area contributed by atoms with Crippen LogP contribution in [0.1, 0.15) is 29.0 Å². The molecule has 0 bridgehead atoms. The van der Waals surface area contributed by atoms with Crippen LogP contribution in [0.15, 0.2) is 65.1 Å². The molecule has 0 fully saturated rings. The van der Waals surface area contributed by atoms with E-state index in [0.717, 1.165) is 23.0 Å². The second-order valence-corrected chi connectivity index (χ2v) is 4.73. The molecular weight excluding hydrogens is 248 g/mol. The molecule has 0 aliphatic heterocycles. The van der Waals surface area contributed by atoms with E-state index >= 15 is 0 Å². The van der Waals surface area contributed by atoms with Crippen LogP contribution in [0, 0.1) is 6.42 Å². The van der Waals surface area contributed by atoms with Gasteiger partial charge in [-0.3, -0.25) is 4.79 Å². The van der Waals surface area contributed by atoms with E-state index in [1.54, 1.807) is 0 Å². The summed E-state index contributed by atoms with van der Waals surface area (Å²) in [5.74, 6) is 0.501. The van der Waals surface area contributed by atoms with Crippen LogP contribution in [0.3, 0.4) is 0 Å². The zero-order valence-electron chi connectivity index (χ0n) is 11.1. The molecule has 0 aliphatic rings. The Labute approximate surface area is 118 Å². The van der Waals surface area contributed by atoms with E-state index in [4.69, 9.17) is 4.42 Å². The fraction of sp³-hybridized carbons (Fsp3) is 0.111. The predicted octanol–water partition coefficient (Wildman–Crippen LogP) is 4.65. The molecule has 3 aromatic rings. The van der Waals surface area contributed by atoms with Crippen LogP contribution in [-0.2, 0) is 0 Å². The Balaban J connectivity index is 1.61. The Kier molecular flexibility index (Phi) is 3.64. The lowest BCUT2D eigenvalue weighted by molar-refractivity contribution is 0.0958. The van der Waals surface area contributed by atoms with Crippen LogP contribution in [0.5, 0.6) is 0 Å². The fourth-order valence-electron chi connectivity index (χ4n) is 2.20. The van der Waals surface area contributed by atoms with Gasteiger partial charge in [-0.1, -0.05) is 48.5 Å². The monoisotopic (exact) mass is 263 g/mol. The third kappa shape index (κ3) is 2.80. The van der Waals surface area contributed by atoms with Gasteiger partial charge in [-0.15, -0.1) is 0 Å². The van der Waals surface area contributed by atoms with Gasteiger partial charge in [0.15, 0.2) is 11.5 Å². The summed E-state index contributed by atoms with van der Waals surface area (Å²) in [6, 6.07) is 19.5. The number of carbonyl (C=O) groups is 1. The lowest BCUT2D eigenvalue weighted by Crippen LogP contribution is -1.97. The van der Waals surface area contributed by atoms with Gasteiger partial charge >= 0.3 is 0 Å². The average Bonchev–Trinajstić information content (AvgIpc) is 2.92. The van der Waals surface area contributed by atoms with Crippen molar-refractivity contribution in [2.45, 2.75) is 12.8 Å². The first-order valence-corrected chi connectivity index (χ1v) is 6.73. The van der Waals surface area contributed by atoms with Crippen molar-refractivity contribution in [3.8, 4) is 0 Å². The summed E-state index contributed by atoms with van der Waals surface area (Å²) in [5.41, 5.74) is 1.91. The van der Waals surface area contributed by atoms with Crippen LogP contribution >= 0.6 is 0 Å². The average molecular weight is 263 g/mol. The highest BCUT2D eigenvalue weighted by Gasteiger charge is 2.11. The van der Waals surface area contributed by atoms with E-state index in [0.29, 0.717) is 12.2 Å². The summed E-state index contributed by atoms with van der Waals surface area (Å²) in [5, 5.41) is 0.975. The fourth-order valence-corrected chi connectivity index (χ4v) is 2.20. The molecule has 2 aromatic carbocycles. The number of carbonyl (C=O) groups excluding carboxylic acids is 1. The third-order valence-corrected chi connectivity index (χ3v) is 3.25. The first-order valence-electron chi connectivity index (χ1n) is 6.73. The molecule has 0 atom stereocenters. The standard InChI is InChI=1S/C18H15O2/c19-16(11-6-9-14-7-2-1-3-8-14)18-13-15-10-4-5-12-17(15)20-18/h1-5,7-10,12-13H,6,11H2. The van der Waals surface area contributed by atoms with Crippen LogP contribution in [0.2, 0.25) is 0 Å². The minimum Gasteiger partial charge on any atom is -0.453 e. The van der Waals surface area contributed by atoms with E-state index < -0.39 is 0 Å². The van der Waals surface area contributed by atoms with Gasteiger partial charge in [-0.05, 0) is 30.5 Å². The molecule has 1 heterocycles. The van der Waals surface area contributed by atoms with Crippen molar-refractivity contribution in [1.82, 2.24) is 0 Å². The number of furan rings is 1. The summed E-state index contributed by atoms with van der Waals surface area (Å²) in [6.45, 7) is 0. The highest BCUT2D eigenvalue weighted by molar-refractivity contribution is 5.97. The normalized spacial score (nSPS) is 10.8. The summed E-state index contributed by atoms with van der Waals surface area (Å²) >= 11 is 0. The van der Waals surface area contributed by atoms with Crippen molar-refractivity contribution in [1.29, 1.82) is 0 Å². The largest absolute Gasteiger partial charge is 0.453 e. The molecule has 2 nitrogen and oxygen atoms in total. The summed E-state index contributed by atoms with van der Waals surface area (Å²) in [6.07, 6.45) is 3.26. The van der Waals surface area contributed by atoms with Gasteiger partial charge in [0.05, 0.1) is 0 Å². The molecule has 0 saturated heterocycles. The highest BCUT2D eigenvalue weighted by Crippen LogP contribution is 2.20. The van der Waals surface area contributed by atoms with E-state index in [-0.39, 0.29) is 5.78 Å². The van der Waals surface area contributed by atoms with Crippen LogP contribution < -0.4 is 0 Å². The number of hydrogen-bond acceptors (Lipinski definition) is 2. The van der Waals surface area contributed by atoms with Gasteiger partial charge in [-0.25, -0.2) is 0 Å². The first-order chi connectivity index (χ1) is 9.83. The van der Waals surface area contributed by atoms with E-state index in [1.807, 2.05) is 60.7 Å². The van der Waals surface area contributed by atoms with Crippen LogP contribution in [-0.4, -0.2) is 5.78 Å². The number of para-hydroxylation sites is 1. The molecule has 1 aromatic heterocycles. The Bertz CT molecular complexity index is 677. The first kappa shape index (κ1) is 12.7. The molecule has 3 rings (SSSR count). The van der Waals surface area contributed by atoms with Crippen LogP contribution in [0.25, 0.3) is 11.0 Å². The number of hydrogen-bond donors (Lipinski definition) is 0. The van der Waals surface area contributed by atoms with E-state index in [1.165, 1.54) is 0 Å². The zero-order chi connectivity index (χ0) is 13.8. The number of Topliss-reactive ketones (excluding diaryl/α,β-unsaturated/α-hetero) is 1. The predicted molar refractivity (Wildman–Crippen MR) is 79.6 cm³/mol. The maximum absolute atomic E-state index is 12.1. The molecule has 0 spiro atoms. The Morgan fingerprint density at radius 1 is 1.00 bits per heavy atom. The molecule has 0 unspecified atom stereocenters. The Morgan fingerprint density at radius 2 is 1.75 bits per heavy atom. The van der Waals surface area contributed by atoms with Crippen molar-refractivity contribution < 1.29 is 9.21 Å². The van der Waals surface area contributed by atoms with Crippen molar-refractivity contribution >= 4 is 16.8 Å². The summed E-state index contributed by atoms with van der Waals surface area (Å²) in [7, 11) is 0. The van der Waals surface area contributed by atoms with Crippen LogP contribution in [0.4, 0.5) is 0 Å². The SMILES string of the molecule is O=C(CC[CH]c1ccccc1)c1cc2ccccc2o1. The van der Waals surface area contributed by atoms with Gasteiger partial charge < -0.3 is 4.42 Å². The van der Waals surface area contributed by atoms with Crippen molar-refractivity contribution in [2.24, 2.45) is 0 Å². The number of fused-ring (bicyclic) bond motifs is 1. The number of ketones is 1. The van der Waals surface area contributed by atoms with Gasteiger partial charge in [-0.2, -0.15) is 0 Å². The molecule has 0 N–H and O–H groups in total. The molecule has 0 aliphatic carbocycles. The summed E-state index contributed by atoms with van der Waals surface area (Å²) in [4.78, 5) is 12.1. The van der Waals surface area contributed by atoms with Crippen molar-refractivity contribution in [2.75, 3.05) is 0 Å². The second-order valence-electron chi connectivity index (χ2n) is 4.73. The van der Waals surface area contributed by atoms with E-state index in [9.17, 15) is 4.79 Å². The Morgan fingerprint density at radius 3 is 2.55 bits per heavy atom. The van der Waals surface area contributed by atoms with Crippen molar-refractivity contribution in [3.63, 3.8) is 0 Å².